The van der Waals surface area contributed by atoms with E-state index in [0.717, 1.165) is 29.8 Å². The van der Waals surface area contributed by atoms with Crippen molar-refractivity contribution in [2.45, 2.75) is 32.4 Å². The van der Waals surface area contributed by atoms with E-state index in [0.29, 0.717) is 18.2 Å². The van der Waals surface area contributed by atoms with Gasteiger partial charge in [0.15, 0.2) is 0 Å². The smallest absolute Gasteiger partial charge is 0.143 e. The number of fused-ring (bicyclic) bond motifs is 1. The highest BCUT2D eigenvalue weighted by Gasteiger charge is 2.17. The third-order valence-corrected chi connectivity index (χ3v) is 3.83. The van der Waals surface area contributed by atoms with Crippen molar-refractivity contribution in [1.29, 1.82) is 5.26 Å². The zero-order chi connectivity index (χ0) is 14.7. The Bertz CT molecular complexity index is 671. The highest BCUT2D eigenvalue weighted by molar-refractivity contribution is 5.64. The van der Waals surface area contributed by atoms with Crippen molar-refractivity contribution in [2.75, 3.05) is 5.32 Å². The van der Waals surface area contributed by atoms with Crippen LogP contribution < -0.4 is 10.1 Å². The first-order valence-electron chi connectivity index (χ1n) is 7.26. The van der Waals surface area contributed by atoms with Crippen LogP contribution in [0.5, 0.6) is 5.75 Å². The van der Waals surface area contributed by atoms with E-state index < -0.39 is 0 Å². The number of nitriles is 1. The van der Waals surface area contributed by atoms with E-state index in [1.165, 1.54) is 5.56 Å². The van der Waals surface area contributed by atoms with Crippen LogP contribution in [-0.2, 0) is 13.0 Å². The summed E-state index contributed by atoms with van der Waals surface area (Å²) in [6, 6.07) is 16.3. The molecule has 21 heavy (non-hydrogen) atoms. The number of benzene rings is 2. The normalized spacial score (nSPS) is 16.5. The van der Waals surface area contributed by atoms with Crippen LogP contribution in [0.4, 0.5) is 5.69 Å². The Morgan fingerprint density at radius 3 is 2.81 bits per heavy atom. The van der Waals surface area contributed by atoms with E-state index in [9.17, 15) is 0 Å². The van der Waals surface area contributed by atoms with Crippen molar-refractivity contribution in [1.82, 2.24) is 0 Å². The van der Waals surface area contributed by atoms with Gasteiger partial charge in [0, 0.05) is 6.04 Å². The van der Waals surface area contributed by atoms with Crippen LogP contribution in [0.3, 0.4) is 0 Å². The molecule has 3 rings (SSSR count). The minimum absolute atomic E-state index is 0.483. The fourth-order valence-electron chi connectivity index (χ4n) is 2.60. The monoisotopic (exact) mass is 278 g/mol. The molecule has 0 saturated heterocycles. The van der Waals surface area contributed by atoms with Crippen LogP contribution >= 0.6 is 0 Å². The summed E-state index contributed by atoms with van der Waals surface area (Å²) in [5.41, 5.74) is 4.19. The van der Waals surface area contributed by atoms with Gasteiger partial charge in [-0.15, -0.1) is 0 Å². The molecule has 2 aromatic carbocycles. The van der Waals surface area contributed by atoms with Gasteiger partial charge in [-0.25, -0.2) is 0 Å². The van der Waals surface area contributed by atoms with Gasteiger partial charge in [-0.05, 0) is 49.1 Å². The number of rotatable bonds is 3. The maximum absolute atomic E-state index is 8.80. The second-order valence-electron chi connectivity index (χ2n) is 5.47. The van der Waals surface area contributed by atoms with Gasteiger partial charge in [0.1, 0.15) is 12.4 Å². The van der Waals surface area contributed by atoms with Gasteiger partial charge in [0.05, 0.1) is 17.3 Å². The SMILES string of the molecule is CC1CCc2cccc(OCc3ccc(C#N)cc3)c2N1. The van der Waals surface area contributed by atoms with Crippen LogP contribution in [0, 0.1) is 11.3 Å². The molecule has 0 saturated carbocycles. The zero-order valence-corrected chi connectivity index (χ0v) is 12.1. The average molecular weight is 278 g/mol. The molecule has 1 N–H and O–H groups in total. The molecule has 0 aromatic heterocycles. The van der Waals surface area contributed by atoms with Gasteiger partial charge in [0.2, 0.25) is 0 Å². The molecule has 2 aromatic rings. The Morgan fingerprint density at radius 1 is 1.24 bits per heavy atom. The number of hydrogen-bond donors (Lipinski definition) is 1. The Kier molecular flexibility index (Phi) is 3.79. The lowest BCUT2D eigenvalue weighted by atomic mass is 9.98. The standard InChI is InChI=1S/C18H18N2O/c1-13-5-10-16-3-2-4-17(18(16)20-13)21-12-15-8-6-14(11-19)7-9-15/h2-4,6-9,13,20H,5,10,12H2,1H3. The molecule has 0 fully saturated rings. The topological polar surface area (TPSA) is 45.0 Å². The summed E-state index contributed by atoms with van der Waals surface area (Å²) in [6.07, 6.45) is 2.25. The number of nitrogens with one attached hydrogen (secondary N) is 1. The molecule has 0 amide bonds. The Morgan fingerprint density at radius 2 is 2.05 bits per heavy atom. The predicted octanol–water partition coefficient (Wildman–Crippen LogP) is 3.88. The van der Waals surface area contributed by atoms with E-state index in [1.807, 2.05) is 36.4 Å². The molecule has 1 aliphatic heterocycles. The average Bonchev–Trinajstić information content (AvgIpc) is 2.53. The van der Waals surface area contributed by atoms with E-state index in [4.69, 9.17) is 10.00 Å². The maximum Gasteiger partial charge on any atom is 0.143 e. The first-order chi connectivity index (χ1) is 10.3. The molecule has 1 unspecified atom stereocenters. The summed E-state index contributed by atoms with van der Waals surface area (Å²) in [5, 5.41) is 12.3. The van der Waals surface area contributed by atoms with Crippen molar-refractivity contribution in [3.05, 3.63) is 59.2 Å². The minimum atomic E-state index is 0.483. The van der Waals surface area contributed by atoms with E-state index in [-0.39, 0.29) is 0 Å². The summed E-state index contributed by atoms with van der Waals surface area (Å²) in [5.74, 6) is 0.906. The summed E-state index contributed by atoms with van der Waals surface area (Å²) < 4.78 is 5.97. The molecule has 0 spiro atoms. The lowest BCUT2D eigenvalue weighted by molar-refractivity contribution is 0.306. The number of ether oxygens (including phenoxy) is 1. The number of aryl methyl sites for hydroxylation is 1. The molecule has 3 nitrogen and oxygen atoms in total. The molecule has 106 valence electrons. The molecule has 1 aliphatic rings. The van der Waals surface area contributed by atoms with Gasteiger partial charge < -0.3 is 10.1 Å². The fourth-order valence-corrected chi connectivity index (χ4v) is 2.60. The molecular formula is C18H18N2O. The van der Waals surface area contributed by atoms with Gasteiger partial charge in [0.25, 0.3) is 0 Å². The zero-order valence-electron chi connectivity index (χ0n) is 12.1. The van der Waals surface area contributed by atoms with Crippen LogP contribution in [0.25, 0.3) is 0 Å². The summed E-state index contributed by atoms with van der Waals surface area (Å²) in [7, 11) is 0. The number of hydrogen-bond acceptors (Lipinski definition) is 3. The van der Waals surface area contributed by atoms with Crippen molar-refractivity contribution in [3.63, 3.8) is 0 Å². The highest BCUT2D eigenvalue weighted by Crippen LogP contribution is 2.34. The Balaban J connectivity index is 1.74. The second-order valence-corrected chi connectivity index (χ2v) is 5.47. The Labute approximate surface area is 125 Å². The summed E-state index contributed by atoms with van der Waals surface area (Å²) >= 11 is 0. The molecule has 0 bridgehead atoms. The number of nitrogens with zero attached hydrogens (tertiary/aromatic N) is 1. The van der Waals surface area contributed by atoms with Crippen LogP contribution in [0.15, 0.2) is 42.5 Å². The van der Waals surface area contributed by atoms with E-state index in [2.05, 4.69) is 24.4 Å². The quantitative estimate of drug-likeness (QED) is 0.926. The number of anilines is 1. The number of para-hydroxylation sites is 1. The fraction of sp³-hybridized carbons (Fsp3) is 0.278. The van der Waals surface area contributed by atoms with Crippen molar-refractivity contribution >= 4 is 5.69 Å². The van der Waals surface area contributed by atoms with Crippen LogP contribution in [-0.4, -0.2) is 6.04 Å². The summed E-state index contributed by atoms with van der Waals surface area (Å²) in [6.45, 7) is 2.71. The first-order valence-corrected chi connectivity index (χ1v) is 7.26. The molecular weight excluding hydrogens is 260 g/mol. The summed E-state index contributed by atoms with van der Waals surface area (Å²) in [4.78, 5) is 0. The minimum Gasteiger partial charge on any atom is -0.487 e. The van der Waals surface area contributed by atoms with Crippen LogP contribution in [0.2, 0.25) is 0 Å². The van der Waals surface area contributed by atoms with E-state index >= 15 is 0 Å². The lowest BCUT2D eigenvalue weighted by Crippen LogP contribution is -2.22. The Hall–Kier alpha value is -2.47. The third kappa shape index (κ3) is 3.00. The van der Waals surface area contributed by atoms with Crippen molar-refractivity contribution in [3.8, 4) is 11.8 Å². The van der Waals surface area contributed by atoms with E-state index in [1.54, 1.807) is 0 Å². The van der Waals surface area contributed by atoms with Gasteiger partial charge in [-0.3, -0.25) is 0 Å². The molecule has 1 heterocycles. The maximum atomic E-state index is 8.80. The second kappa shape index (κ2) is 5.88. The predicted molar refractivity (Wildman–Crippen MR) is 83.3 cm³/mol. The van der Waals surface area contributed by atoms with Crippen molar-refractivity contribution in [2.24, 2.45) is 0 Å². The first kappa shape index (κ1) is 13.5. The highest BCUT2D eigenvalue weighted by atomic mass is 16.5. The van der Waals surface area contributed by atoms with Gasteiger partial charge in [-0.1, -0.05) is 24.3 Å². The molecule has 3 heteroatoms. The lowest BCUT2D eigenvalue weighted by Gasteiger charge is -2.26. The van der Waals surface area contributed by atoms with Gasteiger partial charge in [-0.2, -0.15) is 5.26 Å². The third-order valence-electron chi connectivity index (χ3n) is 3.83. The van der Waals surface area contributed by atoms with Gasteiger partial charge >= 0.3 is 0 Å². The molecule has 1 atom stereocenters. The molecule has 0 aliphatic carbocycles. The largest absolute Gasteiger partial charge is 0.487 e. The molecule has 0 radical (unpaired) electrons. The van der Waals surface area contributed by atoms with Crippen molar-refractivity contribution < 1.29 is 4.74 Å². The van der Waals surface area contributed by atoms with Crippen LogP contribution in [0.1, 0.15) is 30.0 Å².